The smallest absolute Gasteiger partial charge is 0.324 e. The topological polar surface area (TPSA) is 71.1 Å². The second kappa shape index (κ2) is 10.6. The summed E-state index contributed by atoms with van der Waals surface area (Å²) < 4.78 is 39.0. The number of carbonyl (C=O) groups is 2. The van der Waals surface area contributed by atoms with Crippen molar-refractivity contribution in [3.05, 3.63) is 82.9 Å². The first-order valence-electron chi connectivity index (χ1n) is 11.4. The van der Waals surface area contributed by atoms with Gasteiger partial charge in [0.15, 0.2) is 0 Å². The monoisotopic (exact) mass is 495 g/mol. The standard InChI is InChI=1S/C27H27F2N3O4/c1-17-8-9-24(23(12-17)30-26(33)25-21(28)6-4-7-22(25)29)32-11-5-10-31(27(32)34)16-18-13-19(35-2)15-20(14-18)36-3/h4,6-9,12-15H,5,10-11,16H2,1-3H3,(H,30,33). The van der Waals surface area contributed by atoms with Crippen molar-refractivity contribution in [3.8, 4) is 11.5 Å². The molecular formula is C27H27F2N3O4. The second-order valence-corrected chi connectivity index (χ2v) is 8.50. The lowest BCUT2D eigenvalue weighted by atomic mass is 10.1. The minimum absolute atomic E-state index is 0.250. The molecule has 3 amide bonds. The van der Waals surface area contributed by atoms with E-state index in [9.17, 15) is 18.4 Å². The van der Waals surface area contributed by atoms with Crippen LogP contribution in [0.2, 0.25) is 0 Å². The van der Waals surface area contributed by atoms with Gasteiger partial charge < -0.3 is 19.7 Å². The van der Waals surface area contributed by atoms with Crippen LogP contribution in [-0.4, -0.2) is 44.1 Å². The average molecular weight is 496 g/mol. The fourth-order valence-corrected chi connectivity index (χ4v) is 4.21. The van der Waals surface area contributed by atoms with E-state index in [0.717, 1.165) is 23.3 Å². The first-order valence-corrected chi connectivity index (χ1v) is 11.4. The van der Waals surface area contributed by atoms with Crippen LogP contribution in [0.3, 0.4) is 0 Å². The molecule has 1 N–H and O–H groups in total. The molecule has 0 bridgehead atoms. The molecule has 0 aliphatic carbocycles. The Morgan fingerprint density at radius 2 is 1.64 bits per heavy atom. The summed E-state index contributed by atoms with van der Waals surface area (Å²) in [6.45, 7) is 3.13. The summed E-state index contributed by atoms with van der Waals surface area (Å²) in [4.78, 5) is 29.5. The number of amides is 3. The first-order chi connectivity index (χ1) is 17.3. The molecule has 4 rings (SSSR count). The lowest BCUT2D eigenvalue weighted by Crippen LogP contribution is -2.49. The Kier molecular flexibility index (Phi) is 7.38. The van der Waals surface area contributed by atoms with Gasteiger partial charge in [0.25, 0.3) is 5.91 Å². The minimum Gasteiger partial charge on any atom is -0.497 e. The second-order valence-electron chi connectivity index (χ2n) is 8.50. The summed E-state index contributed by atoms with van der Waals surface area (Å²) >= 11 is 0. The number of hydrogen-bond acceptors (Lipinski definition) is 4. The van der Waals surface area contributed by atoms with Gasteiger partial charge >= 0.3 is 6.03 Å². The molecule has 1 aliphatic heterocycles. The molecule has 0 atom stereocenters. The Hall–Kier alpha value is -4.14. The molecule has 0 unspecified atom stereocenters. The summed E-state index contributed by atoms with van der Waals surface area (Å²) in [7, 11) is 3.12. The van der Waals surface area contributed by atoms with Gasteiger partial charge in [0.1, 0.15) is 28.7 Å². The zero-order chi connectivity index (χ0) is 25.8. The van der Waals surface area contributed by atoms with Crippen molar-refractivity contribution in [2.75, 3.05) is 37.5 Å². The molecule has 0 radical (unpaired) electrons. The molecule has 3 aromatic carbocycles. The molecule has 1 fully saturated rings. The molecule has 0 spiro atoms. The molecular weight excluding hydrogens is 468 g/mol. The zero-order valence-corrected chi connectivity index (χ0v) is 20.3. The van der Waals surface area contributed by atoms with Gasteiger partial charge in [0.05, 0.1) is 25.6 Å². The van der Waals surface area contributed by atoms with Crippen molar-refractivity contribution in [2.45, 2.75) is 19.9 Å². The number of benzene rings is 3. The van der Waals surface area contributed by atoms with Gasteiger partial charge in [0.2, 0.25) is 0 Å². The van der Waals surface area contributed by atoms with E-state index in [0.29, 0.717) is 48.9 Å². The lowest BCUT2D eigenvalue weighted by Gasteiger charge is -2.36. The van der Waals surface area contributed by atoms with E-state index in [1.165, 1.54) is 6.07 Å². The van der Waals surface area contributed by atoms with Gasteiger partial charge in [0, 0.05) is 25.7 Å². The molecule has 3 aromatic rings. The quantitative estimate of drug-likeness (QED) is 0.478. The number of methoxy groups -OCH3 is 2. The number of nitrogens with one attached hydrogen (secondary N) is 1. The number of ether oxygens (including phenoxy) is 2. The van der Waals surface area contributed by atoms with Gasteiger partial charge in [-0.1, -0.05) is 12.1 Å². The third kappa shape index (κ3) is 5.25. The first kappa shape index (κ1) is 25.0. The number of carbonyl (C=O) groups excluding carboxylic acids is 2. The SMILES string of the molecule is COc1cc(CN2CCCN(c3ccc(C)cc3NC(=O)c3c(F)cccc3F)C2=O)cc(OC)c1. The van der Waals surface area contributed by atoms with E-state index in [1.807, 2.05) is 25.1 Å². The Bertz CT molecular complexity index is 1260. The van der Waals surface area contributed by atoms with Crippen molar-refractivity contribution in [2.24, 2.45) is 0 Å². The maximum atomic E-state index is 14.2. The third-order valence-electron chi connectivity index (χ3n) is 5.98. The van der Waals surface area contributed by atoms with Gasteiger partial charge in [-0.25, -0.2) is 13.6 Å². The molecule has 1 heterocycles. The highest BCUT2D eigenvalue weighted by molar-refractivity contribution is 6.08. The van der Waals surface area contributed by atoms with Crippen molar-refractivity contribution >= 4 is 23.3 Å². The van der Waals surface area contributed by atoms with Crippen molar-refractivity contribution in [3.63, 3.8) is 0 Å². The fraction of sp³-hybridized carbons (Fsp3) is 0.259. The minimum atomic E-state index is -0.962. The third-order valence-corrected chi connectivity index (χ3v) is 5.98. The van der Waals surface area contributed by atoms with Gasteiger partial charge in [-0.05, 0) is 60.9 Å². The number of halogens is 2. The number of hydrogen-bond donors (Lipinski definition) is 1. The Morgan fingerprint density at radius 1 is 0.972 bits per heavy atom. The number of aryl methyl sites for hydroxylation is 1. The predicted molar refractivity (Wildman–Crippen MR) is 133 cm³/mol. The molecule has 1 aliphatic rings. The molecule has 1 saturated heterocycles. The van der Waals surface area contributed by atoms with E-state index in [2.05, 4.69) is 5.32 Å². The normalized spacial score (nSPS) is 13.5. The lowest BCUT2D eigenvalue weighted by molar-refractivity contribution is 0.101. The number of rotatable bonds is 7. The summed E-state index contributed by atoms with van der Waals surface area (Å²) in [5.74, 6) is -1.61. The van der Waals surface area contributed by atoms with Crippen LogP contribution in [0.1, 0.15) is 27.9 Å². The average Bonchev–Trinajstić information content (AvgIpc) is 2.85. The number of urea groups is 1. The van der Waals surface area contributed by atoms with Crippen molar-refractivity contribution in [1.82, 2.24) is 4.90 Å². The van der Waals surface area contributed by atoms with Crippen LogP contribution in [0.15, 0.2) is 54.6 Å². The maximum absolute atomic E-state index is 14.2. The fourth-order valence-electron chi connectivity index (χ4n) is 4.21. The Balaban J connectivity index is 1.60. The molecule has 0 saturated carbocycles. The van der Waals surface area contributed by atoms with Crippen LogP contribution in [-0.2, 0) is 6.54 Å². The van der Waals surface area contributed by atoms with Gasteiger partial charge in [-0.15, -0.1) is 0 Å². The van der Waals surface area contributed by atoms with Crippen LogP contribution in [0.5, 0.6) is 11.5 Å². The van der Waals surface area contributed by atoms with Crippen LogP contribution < -0.4 is 19.7 Å². The van der Waals surface area contributed by atoms with E-state index < -0.39 is 23.1 Å². The molecule has 0 aromatic heterocycles. The van der Waals surface area contributed by atoms with E-state index >= 15 is 0 Å². The highest BCUT2D eigenvalue weighted by Gasteiger charge is 2.29. The molecule has 9 heteroatoms. The van der Waals surface area contributed by atoms with Crippen LogP contribution in [0.4, 0.5) is 25.0 Å². The van der Waals surface area contributed by atoms with Crippen LogP contribution in [0.25, 0.3) is 0 Å². The Labute approximate surface area is 208 Å². The number of anilines is 2. The summed E-state index contributed by atoms with van der Waals surface area (Å²) in [6, 6.07) is 13.6. The highest BCUT2D eigenvalue weighted by atomic mass is 19.1. The molecule has 188 valence electrons. The van der Waals surface area contributed by atoms with Crippen LogP contribution >= 0.6 is 0 Å². The Morgan fingerprint density at radius 3 is 2.28 bits per heavy atom. The largest absolute Gasteiger partial charge is 0.497 e. The molecule has 7 nitrogen and oxygen atoms in total. The van der Waals surface area contributed by atoms with Crippen LogP contribution in [0, 0.1) is 18.6 Å². The van der Waals surface area contributed by atoms with Gasteiger partial charge in [-0.3, -0.25) is 9.69 Å². The van der Waals surface area contributed by atoms with Crippen molar-refractivity contribution in [1.29, 1.82) is 0 Å². The summed E-state index contributed by atoms with van der Waals surface area (Å²) in [6.07, 6.45) is 0.691. The number of nitrogens with zero attached hydrogens (tertiary/aromatic N) is 2. The highest BCUT2D eigenvalue weighted by Crippen LogP contribution is 2.32. The van der Waals surface area contributed by atoms with Gasteiger partial charge in [-0.2, -0.15) is 0 Å². The van der Waals surface area contributed by atoms with E-state index in [1.54, 1.807) is 42.2 Å². The van der Waals surface area contributed by atoms with Crippen molar-refractivity contribution < 1.29 is 27.8 Å². The summed E-state index contributed by atoms with van der Waals surface area (Å²) in [5, 5.41) is 2.60. The maximum Gasteiger partial charge on any atom is 0.324 e. The van der Waals surface area contributed by atoms with E-state index in [4.69, 9.17) is 9.47 Å². The van der Waals surface area contributed by atoms with E-state index in [-0.39, 0.29) is 6.03 Å². The zero-order valence-electron chi connectivity index (χ0n) is 20.3. The predicted octanol–water partition coefficient (Wildman–Crippen LogP) is 5.38. The molecule has 36 heavy (non-hydrogen) atoms. The summed E-state index contributed by atoms with van der Waals surface area (Å²) in [5.41, 5.74) is 1.72.